The van der Waals surface area contributed by atoms with Crippen LogP contribution >= 0.6 is 12.6 Å². The second-order valence-corrected chi connectivity index (χ2v) is 5.27. The standard InChI is InChI=1S/C17H16S/c1-3-17(18)15-9-8-14(16-10-11(16)2)12-6-4-5-7-13(12)15/h3-11,18H,1-2H3/b17-3-. The van der Waals surface area contributed by atoms with Crippen molar-refractivity contribution in [3.05, 3.63) is 59.7 Å². The summed E-state index contributed by atoms with van der Waals surface area (Å²) in [5.74, 6) is 0.636. The first-order valence-electron chi connectivity index (χ1n) is 6.32. The largest absolute Gasteiger partial charge is 0.143 e. The second-order valence-electron chi connectivity index (χ2n) is 4.79. The lowest BCUT2D eigenvalue weighted by atomic mass is 9.97. The Labute approximate surface area is 113 Å². The topological polar surface area (TPSA) is 0 Å². The lowest BCUT2D eigenvalue weighted by Crippen LogP contribution is -1.87. The molecule has 0 bridgehead atoms. The van der Waals surface area contributed by atoms with Gasteiger partial charge >= 0.3 is 0 Å². The van der Waals surface area contributed by atoms with Crippen LogP contribution in [0.1, 0.15) is 25.0 Å². The number of hydrogen-bond acceptors (Lipinski definition) is 1. The third-order valence-electron chi connectivity index (χ3n) is 3.60. The summed E-state index contributed by atoms with van der Waals surface area (Å²) in [7, 11) is 0. The Morgan fingerprint density at radius 2 is 1.78 bits per heavy atom. The van der Waals surface area contributed by atoms with Crippen molar-refractivity contribution in [3.63, 3.8) is 0 Å². The monoisotopic (exact) mass is 252 g/mol. The highest BCUT2D eigenvalue weighted by atomic mass is 32.1. The Kier molecular flexibility index (Phi) is 2.79. The minimum Gasteiger partial charge on any atom is -0.143 e. The lowest BCUT2D eigenvalue weighted by molar-refractivity contribution is 1.10. The first-order valence-corrected chi connectivity index (χ1v) is 6.76. The van der Waals surface area contributed by atoms with Crippen LogP contribution in [0.5, 0.6) is 0 Å². The molecule has 1 heteroatoms. The van der Waals surface area contributed by atoms with E-state index in [9.17, 15) is 0 Å². The molecule has 0 aliphatic heterocycles. The van der Waals surface area contributed by atoms with E-state index in [4.69, 9.17) is 0 Å². The number of fused-ring (bicyclic) bond motifs is 1. The molecule has 2 aromatic carbocycles. The van der Waals surface area contributed by atoms with Crippen molar-refractivity contribution in [2.75, 3.05) is 0 Å². The van der Waals surface area contributed by atoms with Gasteiger partial charge in [0.1, 0.15) is 0 Å². The summed E-state index contributed by atoms with van der Waals surface area (Å²) in [5.41, 5.74) is 4.06. The van der Waals surface area contributed by atoms with E-state index in [2.05, 4.69) is 62.0 Å². The van der Waals surface area contributed by atoms with Gasteiger partial charge in [0.15, 0.2) is 0 Å². The first-order chi connectivity index (χ1) is 8.72. The van der Waals surface area contributed by atoms with Gasteiger partial charge in [-0.2, -0.15) is 0 Å². The van der Waals surface area contributed by atoms with Gasteiger partial charge in [-0.25, -0.2) is 0 Å². The maximum absolute atomic E-state index is 4.56. The summed E-state index contributed by atoms with van der Waals surface area (Å²) in [4.78, 5) is 1.04. The maximum atomic E-state index is 4.56. The fourth-order valence-electron chi connectivity index (χ4n) is 2.49. The summed E-state index contributed by atoms with van der Waals surface area (Å²) in [6, 6.07) is 13.0. The zero-order chi connectivity index (χ0) is 12.7. The minimum absolute atomic E-state index is 0.636. The van der Waals surface area contributed by atoms with E-state index in [-0.39, 0.29) is 0 Å². The van der Waals surface area contributed by atoms with Crippen LogP contribution in [0.2, 0.25) is 0 Å². The summed E-state index contributed by atoms with van der Waals surface area (Å²) in [6.45, 7) is 4.27. The number of hydrogen-bond donors (Lipinski definition) is 1. The van der Waals surface area contributed by atoms with Crippen LogP contribution in [0.15, 0.2) is 48.6 Å². The van der Waals surface area contributed by atoms with E-state index in [0.717, 1.165) is 4.91 Å². The Morgan fingerprint density at radius 1 is 1.11 bits per heavy atom. The van der Waals surface area contributed by atoms with E-state index in [0.29, 0.717) is 5.92 Å². The second kappa shape index (κ2) is 4.33. The third-order valence-corrected chi connectivity index (χ3v) is 4.09. The Bertz CT molecular complexity index is 677. The Balaban J connectivity index is 2.28. The van der Waals surface area contributed by atoms with Gasteiger partial charge in [-0.15, -0.1) is 12.6 Å². The quantitative estimate of drug-likeness (QED) is 0.701. The highest BCUT2D eigenvalue weighted by molar-refractivity contribution is 7.90. The van der Waals surface area contributed by atoms with Gasteiger partial charge in [0.05, 0.1) is 0 Å². The molecule has 0 nitrogen and oxygen atoms in total. The van der Waals surface area contributed by atoms with Crippen molar-refractivity contribution >= 4 is 33.9 Å². The molecule has 3 rings (SSSR count). The van der Waals surface area contributed by atoms with E-state index >= 15 is 0 Å². The molecule has 1 unspecified atom stereocenters. The smallest absolute Gasteiger partial charge is 0.00760 e. The molecule has 0 amide bonds. The molecule has 1 aliphatic carbocycles. The lowest BCUT2D eigenvalue weighted by Gasteiger charge is -2.10. The molecule has 1 atom stereocenters. The molecule has 0 saturated carbocycles. The summed E-state index contributed by atoms with van der Waals surface area (Å²) >= 11 is 4.56. The van der Waals surface area contributed by atoms with E-state index < -0.39 is 0 Å². The van der Waals surface area contributed by atoms with Gasteiger partial charge in [-0.1, -0.05) is 55.5 Å². The van der Waals surface area contributed by atoms with Crippen LogP contribution in [-0.2, 0) is 0 Å². The predicted octanol–water partition coefficient (Wildman–Crippen LogP) is 5.16. The van der Waals surface area contributed by atoms with Crippen molar-refractivity contribution < 1.29 is 0 Å². The average molecular weight is 252 g/mol. The summed E-state index contributed by atoms with van der Waals surface area (Å²) in [6.07, 6.45) is 4.36. The average Bonchev–Trinajstić information content (AvgIpc) is 3.13. The Morgan fingerprint density at radius 3 is 2.39 bits per heavy atom. The van der Waals surface area contributed by atoms with Gasteiger partial charge in [0.2, 0.25) is 0 Å². The van der Waals surface area contributed by atoms with Crippen molar-refractivity contribution in [2.45, 2.75) is 13.8 Å². The van der Waals surface area contributed by atoms with Crippen LogP contribution in [0.4, 0.5) is 0 Å². The third kappa shape index (κ3) is 1.79. The van der Waals surface area contributed by atoms with Gasteiger partial charge in [-0.05, 0) is 40.3 Å². The van der Waals surface area contributed by atoms with Gasteiger partial charge in [0, 0.05) is 4.91 Å². The van der Waals surface area contributed by atoms with E-state index in [1.54, 1.807) is 0 Å². The van der Waals surface area contributed by atoms with Crippen LogP contribution in [0.25, 0.3) is 21.3 Å². The number of thiol groups is 1. The molecule has 0 fully saturated rings. The highest BCUT2D eigenvalue weighted by Gasteiger charge is 2.22. The molecule has 0 radical (unpaired) electrons. The minimum atomic E-state index is 0.636. The zero-order valence-corrected chi connectivity index (χ0v) is 11.5. The van der Waals surface area contributed by atoms with Crippen LogP contribution in [0.3, 0.4) is 0 Å². The van der Waals surface area contributed by atoms with Crippen molar-refractivity contribution in [3.8, 4) is 0 Å². The SMILES string of the molecule is C/C=C(\S)c1ccc(C2=CC2C)c2ccccc12. The van der Waals surface area contributed by atoms with Gasteiger partial charge in [0.25, 0.3) is 0 Å². The molecule has 2 aromatic rings. The maximum Gasteiger partial charge on any atom is 0.00760 e. The zero-order valence-electron chi connectivity index (χ0n) is 10.6. The molecule has 0 spiro atoms. The van der Waals surface area contributed by atoms with Gasteiger partial charge < -0.3 is 0 Å². The van der Waals surface area contributed by atoms with Crippen LogP contribution in [0, 0.1) is 5.92 Å². The van der Waals surface area contributed by atoms with Crippen LogP contribution < -0.4 is 0 Å². The molecule has 0 aromatic heterocycles. The molecular weight excluding hydrogens is 236 g/mol. The molecule has 0 heterocycles. The molecule has 1 aliphatic rings. The van der Waals surface area contributed by atoms with Gasteiger partial charge in [-0.3, -0.25) is 0 Å². The highest BCUT2D eigenvalue weighted by Crippen LogP contribution is 2.42. The van der Waals surface area contributed by atoms with E-state index in [1.807, 2.05) is 13.0 Å². The molecule has 18 heavy (non-hydrogen) atoms. The predicted molar refractivity (Wildman–Crippen MR) is 83.7 cm³/mol. The van der Waals surface area contributed by atoms with E-state index in [1.165, 1.54) is 27.5 Å². The summed E-state index contributed by atoms with van der Waals surface area (Å²) < 4.78 is 0. The number of benzene rings is 2. The molecule has 90 valence electrons. The molecule has 0 saturated heterocycles. The van der Waals surface area contributed by atoms with Crippen LogP contribution in [-0.4, -0.2) is 0 Å². The number of allylic oxidation sites excluding steroid dienone is 3. The van der Waals surface area contributed by atoms with Crippen molar-refractivity contribution in [1.82, 2.24) is 0 Å². The summed E-state index contributed by atoms with van der Waals surface area (Å²) in [5, 5.41) is 2.62. The first kappa shape index (κ1) is 11.6. The fourth-order valence-corrected chi connectivity index (χ4v) is 2.68. The number of rotatable bonds is 2. The molecule has 0 N–H and O–H groups in total. The Hall–Kier alpha value is -1.47. The van der Waals surface area contributed by atoms with Crippen molar-refractivity contribution in [1.29, 1.82) is 0 Å². The normalized spacial score (nSPS) is 18.9. The fraction of sp³-hybridized carbons (Fsp3) is 0.176. The molecular formula is C17H16S. The van der Waals surface area contributed by atoms with Crippen molar-refractivity contribution in [2.24, 2.45) is 5.92 Å².